The molecule has 1 aromatic rings. The fraction of sp³-hybridized carbons (Fsp3) is 0.500. The van der Waals surface area contributed by atoms with E-state index >= 15 is 0 Å². The number of methoxy groups -OCH3 is 1. The predicted octanol–water partition coefficient (Wildman–Crippen LogP) is 1.66. The van der Waals surface area contributed by atoms with Crippen LogP contribution in [0.25, 0.3) is 0 Å². The van der Waals surface area contributed by atoms with Crippen LogP contribution in [0.3, 0.4) is 0 Å². The van der Waals surface area contributed by atoms with E-state index in [4.69, 9.17) is 14.6 Å². The number of ether oxygens (including phenoxy) is 2. The number of rotatable bonds is 8. The molecule has 0 bridgehead atoms. The van der Waals surface area contributed by atoms with Crippen molar-refractivity contribution >= 4 is 5.97 Å². The normalized spacial score (nSPS) is 12.4. The van der Waals surface area contributed by atoms with Gasteiger partial charge in [0, 0.05) is 13.2 Å². The van der Waals surface area contributed by atoms with Gasteiger partial charge in [-0.15, -0.1) is 0 Å². The van der Waals surface area contributed by atoms with Gasteiger partial charge in [-0.3, -0.25) is 10.1 Å². The van der Waals surface area contributed by atoms with Gasteiger partial charge in [0.1, 0.15) is 18.4 Å². The number of aliphatic carboxylic acids is 1. The zero-order valence-corrected chi connectivity index (χ0v) is 11.6. The van der Waals surface area contributed by atoms with Crippen molar-refractivity contribution in [3.05, 3.63) is 29.8 Å². The molecule has 2 N–H and O–H groups in total. The Kier molecular flexibility index (Phi) is 6.32. The third kappa shape index (κ3) is 5.72. The van der Waals surface area contributed by atoms with E-state index in [1.54, 1.807) is 13.2 Å². The molecule has 0 amide bonds. The molecule has 0 heterocycles. The topological polar surface area (TPSA) is 67.8 Å². The highest BCUT2D eigenvalue weighted by atomic mass is 16.5. The quantitative estimate of drug-likeness (QED) is 0.750. The minimum absolute atomic E-state index is 0.0873. The molecule has 0 aromatic heterocycles. The Hall–Kier alpha value is -1.59. The van der Waals surface area contributed by atoms with Crippen molar-refractivity contribution in [1.29, 1.82) is 0 Å². The van der Waals surface area contributed by atoms with Gasteiger partial charge in [0.25, 0.3) is 0 Å². The van der Waals surface area contributed by atoms with Crippen molar-refractivity contribution in [2.24, 2.45) is 0 Å². The van der Waals surface area contributed by atoms with Crippen LogP contribution in [-0.2, 0) is 16.1 Å². The van der Waals surface area contributed by atoms with Crippen molar-refractivity contribution in [3.8, 4) is 5.75 Å². The number of carboxylic acid groups (broad SMARTS) is 1. The van der Waals surface area contributed by atoms with Crippen LogP contribution in [0.4, 0.5) is 0 Å². The molecule has 0 saturated carbocycles. The van der Waals surface area contributed by atoms with Gasteiger partial charge >= 0.3 is 5.97 Å². The van der Waals surface area contributed by atoms with E-state index in [1.165, 1.54) is 0 Å². The summed E-state index contributed by atoms with van der Waals surface area (Å²) in [4.78, 5) is 11.1. The van der Waals surface area contributed by atoms with E-state index in [2.05, 4.69) is 5.32 Å². The molecule has 1 rings (SSSR count). The minimum Gasteiger partial charge on any atom is -0.491 e. The second-order valence-corrected chi connectivity index (χ2v) is 4.60. The second-order valence-electron chi connectivity index (χ2n) is 4.60. The first-order valence-electron chi connectivity index (χ1n) is 6.22. The third-order valence-corrected chi connectivity index (χ3v) is 2.46. The zero-order chi connectivity index (χ0) is 14.3. The smallest absolute Gasteiger partial charge is 0.324 e. The third-order valence-electron chi connectivity index (χ3n) is 2.46. The Balaban J connectivity index is 2.58. The van der Waals surface area contributed by atoms with Crippen LogP contribution in [0, 0.1) is 0 Å². The van der Waals surface area contributed by atoms with Crippen molar-refractivity contribution in [3.63, 3.8) is 0 Å². The molecule has 106 valence electrons. The summed E-state index contributed by atoms with van der Waals surface area (Å²) in [5.74, 6) is -0.270. The maximum absolute atomic E-state index is 11.1. The van der Waals surface area contributed by atoms with E-state index in [0.29, 0.717) is 12.4 Å². The monoisotopic (exact) mass is 267 g/mol. The van der Waals surface area contributed by atoms with Crippen molar-refractivity contribution in [1.82, 2.24) is 5.32 Å². The van der Waals surface area contributed by atoms with E-state index < -0.39 is 12.0 Å². The van der Waals surface area contributed by atoms with Crippen LogP contribution in [0.1, 0.15) is 19.4 Å². The number of nitrogens with one attached hydrogen (secondary N) is 1. The Bertz CT molecular complexity index is 406. The fourth-order valence-electron chi connectivity index (χ4n) is 1.66. The average molecular weight is 267 g/mol. The highest BCUT2D eigenvalue weighted by Gasteiger charge is 2.18. The molecule has 0 aliphatic carbocycles. The van der Waals surface area contributed by atoms with Crippen LogP contribution in [0.5, 0.6) is 5.75 Å². The van der Waals surface area contributed by atoms with Gasteiger partial charge < -0.3 is 14.6 Å². The number of carboxylic acids is 1. The van der Waals surface area contributed by atoms with Crippen molar-refractivity contribution < 1.29 is 19.4 Å². The molecule has 0 aliphatic heterocycles. The van der Waals surface area contributed by atoms with Crippen LogP contribution >= 0.6 is 0 Å². The molecule has 5 nitrogen and oxygen atoms in total. The zero-order valence-electron chi connectivity index (χ0n) is 11.6. The number of hydrogen-bond acceptors (Lipinski definition) is 4. The van der Waals surface area contributed by atoms with Gasteiger partial charge in [-0.2, -0.15) is 0 Å². The Morgan fingerprint density at radius 3 is 2.74 bits per heavy atom. The van der Waals surface area contributed by atoms with E-state index in [-0.39, 0.29) is 12.6 Å². The molecule has 1 aromatic carbocycles. The van der Waals surface area contributed by atoms with Crippen molar-refractivity contribution in [2.45, 2.75) is 32.5 Å². The summed E-state index contributed by atoms with van der Waals surface area (Å²) < 4.78 is 10.6. The van der Waals surface area contributed by atoms with E-state index in [9.17, 15) is 4.79 Å². The molecule has 0 saturated heterocycles. The highest BCUT2D eigenvalue weighted by molar-refractivity contribution is 5.73. The summed E-state index contributed by atoms with van der Waals surface area (Å²) in [6, 6.07) is 6.80. The maximum Gasteiger partial charge on any atom is 0.324 e. The summed E-state index contributed by atoms with van der Waals surface area (Å²) in [5.41, 5.74) is 0.990. The predicted molar refractivity (Wildman–Crippen MR) is 72.3 cm³/mol. The second kappa shape index (κ2) is 7.76. The Labute approximate surface area is 113 Å². The first kappa shape index (κ1) is 15.5. The Morgan fingerprint density at radius 1 is 1.42 bits per heavy atom. The fourth-order valence-corrected chi connectivity index (χ4v) is 1.66. The standard InChI is InChI=1S/C14H21NO4/c1-10(2)15-13(14(16)17)9-19-12-6-4-5-11(7-12)8-18-3/h4-7,10,13,15H,8-9H2,1-3H3,(H,16,17). The lowest BCUT2D eigenvalue weighted by molar-refractivity contribution is -0.140. The first-order valence-corrected chi connectivity index (χ1v) is 6.22. The largest absolute Gasteiger partial charge is 0.491 e. The van der Waals surface area contributed by atoms with Crippen LogP contribution in [0.15, 0.2) is 24.3 Å². The number of hydrogen-bond donors (Lipinski definition) is 2. The van der Waals surface area contributed by atoms with Crippen LogP contribution in [-0.4, -0.2) is 36.9 Å². The molecule has 0 aliphatic rings. The minimum atomic E-state index is -0.915. The lowest BCUT2D eigenvalue weighted by Crippen LogP contribution is -2.44. The molecule has 0 radical (unpaired) electrons. The Morgan fingerprint density at radius 2 is 2.16 bits per heavy atom. The summed E-state index contributed by atoms with van der Waals surface area (Å²) >= 11 is 0. The molecular formula is C14H21NO4. The van der Waals surface area contributed by atoms with Crippen LogP contribution in [0.2, 0.25) is 0 Å². The number of carbonyl (C=O) groups is 1. The molecule has 0 fully saturated rings. The first-order chi connectivity index (χ1) is 9.02. The van der Waals surface area contributed by atoms with Crippen LogP contribution < -0.4 is 10.1 Å². The van der Waals surface area contributed by atoms with Gasteiger partial charge in [0.15, 0.2) is 0 Å². The summed E-state index contributed by atoms with van der Waals surface area (Å²) in [6.45, 7) is 4.39. The SMILES string of the molecule is COCc1cccc(OCC(NC(C)C)C(=O)O)c1. The number of benzene rings is 1. The van der Waals surface area contributed by atoms with Gasteiger partial charge in [-0.25, -0.2) is 0 Å². The van der Waals surface area contributed by atoms with Gasteiger partial charge in [0.05, 0.1) is 6.61 Å². The summed E-state index contributed by atoms with van der Waals surface area (Å²) in [6.07, 6.45) is 0. The molecule has 19 heavy (non-hydrogen) atoms. The van der Waals surface area contributed by atoms with Gasteiger partial charge in [-0.05, 0) is 17.7 Å². The molecule has 0 spiro atoms. The summed E-state index contributed by atoms with van der Waals surface area (Å²) in [7, 11) is 1.63. The maximum atomic E-state index is 11.1. The molecular weight excluding hydrogens is 246 g/mol. The lowest BCUT2D eigenvalue weighted by atomic mass is 10.2. The molecule has 1 atom stereocenters. The van der Waals surface area contributed by atoms with Gasteiger partial charge in [-0.1, -0.05) is 26.0 Å². The van der Waals surface area contributed by atoms with Crippen molar-refractivity contribution in [2.75, 3.05) is 13.7 Å². The lowest BCUT2D eigenvalue weighted by Gasteiger charge is -2.18. The van der Waals surface area contributed by atoms with E-state index in [0.717, 1.165) is 5.56 Å². The summed E-state index contributed by atoms with van der Waals surface area (Å²) in [5, 5.41) is 12.0. The molecule has 1 unspecified atom stereocenters. The highest BCUT2D eigenvalue weighted by Crippen LogP contribution is 2.14. The molecule has 5 heteroatoms. The van der Waals surface area contributed by atoms with E-state index in [1.807, 2.05) is 32.0 Å². The average Bonchev–Trinajstić information content (AvgIpc) is 2.34. The van der Waals surface area contributed by atoms with Gasteiger partial charge in [0.2, 0.25) is 0 Å².